The van der Waals surface area contributed by atoms with Gasteiger partial charge in [0, 0.05) is 24.6 Å². The summed E-state index contributed by atoms with van der Waals surface area (Å²) in [6.07, 6.45) is 13.8. The Hall–Kier alpha value is -1.30. The number of hydrogen-bond donors (Lipinski definition) is 1. The van der Waals surface area contributed by atoms with Crippen LogP contribution in [-0.4, -0.2) is 46.8 Å². The number of thioether (sulfide) groups is 1. The van der Waals surface area contributed by atoms with Crippen LogP contribution in [-0.2, 0) is 9.59 Å². The number of rotatable bonds is 3. The lowest BCUT2D eigenvalue weighted by Crippen LogP contribution is -2.55. The lowest BCUT2D eigenvalue weighted by Gasteiger charge is -2.45. The minimum Gasteiger partial charge on any atom is -0.339 e. The highest BCUT2D eigenvalue weighted by molar-refractivity contribution is 8.00. The zero-order valence-corrected chi connectivity index (χ0v) is 15.4. The molecule has 0 radical (unpaired) electrons. The van der Waals surface area contributed by atoms with E-state index in [1.54, 1.807) is 11.8 Å². The molecule has 0 aromatic carbocycles. The van der Waals surface area contributed by atoms with E-state index in [9.17, 15) is 9.59 Å². The second-order valence-electron chi connectivity index (χ2n) is 7.60. The van der Waals surface area contributed by atoms with Crippen molar-refractivity contribution in [3.63, 3.8) is 0 Å². The van der Waals surface area contributed by atoms with E-state index in [0.29, 0.717) is 12.5 Å². The van der Waals surface area contributed by atoms with E-state index in [2.05, 4.69) is 27.4 Å². The molecule has 25 heavy (non-hydrogen) atoms. The van der Waals surface area contributed by atoms with E-state index >= 15 is 0 Å². The number of fused-ring (bicyclic) bond motifs is 1. The summed E-state index contributed by atoms with van der Waals surface area (Å²) in [6, 6.07) is 0.395. The van der Waals surface area contributed by atoms with Crippen LogP contribution in [0.15, 0.2) is 17.1 Å². The molecule has 1 N–H and O–H groups in total. The van der Waals surface area contributed by atoms with E-state index in [1.807, 2.05) is 6.21 Å². The van der Waals surface area contributed by atoms with Crippen LogP contribution in [0.1, 0.15) is 44.9 Å². The molecule has 2 amide bonds. The highest BCUT2D eigenvalue weighted by atomic mass is 32.2. The average molecular weight is 362 g/mol. The van der Waals surface area contributed by atoms with Gasteiger partial charge >= 0.3 is 0 Å². The molecule has 4 rings (SSSR count). The van der Waals surface area contributed by atoms with Crippen LogP contribution in [0, 0.1) is 17.8 Å². The van der Waals surface area contributed by atoms with Crippen molar-refractivity contribution in [2.45, 2.75) is 56.5 Å². The van der Waals surface area contributed by atoms with Crippen LogP contribution in [0.25, 0.3) is 0 Å². The summed E-state index contributed by atoms with van der Waals surface area (Å²) < 4.78 is 0. The lowest BCUT2D eigenvalue weighted by molar-refractivity contribution is -0.150. The molecule has 0 spiro atoms. The first-order chi connectivity index (χ1) is 12.2. The first-order valence-corrected chi connectivity index (χ1v) is 10.7. The van der Waals surface area contributed by atoms with E-state index in [-0.39, 0.29) is 35.1 Å². The van der Waals surface area contributed by atoms with Crippen LogP contribution in [0.4, 0.5) is 0 Å². The lowest BCUT2D eigenvalue weighted by atomic mass is 9.70. The second-order valence-corrected chi connectivity index (χ2v) is 8.71. The summed E-state index contributed by atoms with van der Waals surface area (Å²) in [7, 11) is 0. The van der Waals surface area contributed by atoms with Crippen LogP contribution in [0.5, 0.6) is 0 Å². The third-order valence-corrected chi connectivity index (χ3v) is 7.02. The third kappa shape index (κ3) is 3.50. The van der Waals surface area contributed by atoms with Crippen molar-refractivity contribution in [2.75, 3.05) is 12.3 Å². The number of aliphatic imine (C=N–C) groups is 1. The number of hydrogen-bond acceptors (Lipinski definition) is 4. The van der Waals surface area contributed by atoms with Gasteiger partial charge in [-0.05, 0) is 31.6 Å². The molecule has 5 nitrogen and oxygen atoms in total. The standard InChI is InChI=1S/C19H27N3O2S/c23-17(21-19-20-10-12-25-19)15-8-4-5-13-9-11-22(18(24)16(13)15)14-6-2-1-3-7-14/h4-5,10,13-16,19H,1-3,6-9,11-12H2,(H,21,23). The number of nitrogens with zero attached hydrogens (tertiary/aromatic N) is 2. The molecule has 2 aliphatic carbocycles. The van der Waals surface area contributed by atoms with Crippen molar-refractivity contribution in [3.8, 4) is 0 Å². The largest absolute Gasteiger partial charge is 0.339 e. The summed E-state index contributed by atoms with van der Waals surface area (Å²) in [5.74, 6) is 0.846. The van der Waals surface area contributed by atoms with Gasteiger partial charge < -0.3 is 10.2 Å². The smallest absolute Gasteiger partial charge is 0.227 e. The Kier molecular flexibility index (Phi) is 5.15. The Labute approximate surface area is 153 Å². The van der Waals surface area contributed by atoms with Gasteiger partial charge in [-0.2, -0.15) is 0 Å². The number of carbonyl (C=O) groups excluding carboxylic acids is 2. The molecular weight excluding hydrogens is 334 g/mol. The van der Waals surface area contributed by atoms with Crippen molar-refractivity contribution in [1.29, 1.82) is 0 Å². The molecule has 1 saturated carbocycles. The number of amides is 2. The fraction of sp³-hybridized carbons (Fsp3) is 0.737. The van der Waals surface area contributed by atoms with Gasteiger partial charge in [0.15, 0.2) is 5.50 Å². The van der Waals surface area contributed by atoms with Gasteiger partial charge in [-0.1, -0.05) is 31.4 Å². The van der Waals surface area contributed by atoms with Gasteiger partial charge in [-0.15, -0.1) is 11.8 Å². The van der Waals surface area contributed by atoms with Crippen molar-refractivity contribution < 1.29 is 9.59 Å². The molecule has 4 unspecified atom stereocenters. The van der Waals surface area contributed by atoms with Crippen molar-refractivity contribution in [3.05, 3.63) is 12.2 Å². The highest BCUT2D eigenvalue weighted by Crippen LogP contribution is 2.39. The summed E-state index contributed by atoms with van der Waals surface area (Å²) >= 11 is 1.62. The Bertz CT molecular complexity index is 585. The maximum absolute atomic E-state index is 13.3. The topological polar surface area (TPSA) is 61.8 Å². The Balaban J connectivity index is 1.48. The highest BCUT2D eigenvalue weighted by Gasteiger charge is 2.46. The van der Waals surface area contributed by atoms with Crippen LogP contribution >= 0.6 is 11.8 Å². The monoisotopic (exact) mass is 361 g/mol. The van der Waals surface area contributed by atoms with E-state index < -0.39 is 0 Å². The number of allylic oxidation sites excluding steroid dienone is 2. The average Bonchev–Trinajstić information content (AvgIpc) is 3.15. The third-order valence-electron chi connectivity index (χ3n) is 6.13. The summed E-state index contributed by atoms with van der Waals surface area (Å²) in [5, 5.41) is 3.02. The molecule has 136 valence electrons. The first kappa shape index (κ1) is 17.1. The second kappa shape index (κ2) is 7.52. The van der Waals surface area contributed by atoms with E-state index in [1.165, 1.54) is 19.3 Å². The molecular formula is C19H27N3O2S. The molecule has 1 saturated heterocycles. The van der Waals surface area contributed by atoms with Gasteiger partial charge in [0.25, 0.3) is 0 Å². The first-order valence-electron chi connectivity index (χ1n) is 9.65. The molecule has 0 bridgehead atoms. The van der Waals surface area contributed by atoms with Gasteiger partial charge in [0.2, 0.25) is 11.8 Å². The van der Waals surface area contributed by atoms with Crippen LogP contribution < -0.4 is 5.32 Å². The van der Waals surface area contributed by atoms with Gasteiger partial charge in [0.05, 0.1) is 11.8 Å². The zero-order chi connectivity index (χ0) is 17.2. The Morgan fingerprint density at radius 2 is 2.08 bits per heavy atom. The number of carbonyl (C=O) groups is 2. The van der Waals surface area contributed by atoms with E-state index in [0.717, 1.165) is 31.6 Å². The van der Waals surface area contributed by atoms with Crippen molar-refractivity contribution in [1.82, 2.24) is 10.2 Å². The Morgan fingerprint density at radius 1 is 1.24 bits per heavy atom. The molecule has 4 aliphatic rings. The molecule has 0 aromatic heterocycles. The molecule has 4 atom stereocenters. The summed E-state index contributed by atoms with van der Waals surface area (Å²) in [5.41, 5.74) is -0.176. The normalized spacial score (nSPS) is 35.7. The molecule has 6 heteroatoms. The quantitative estimate of drug-likeness (QED) is 0.786. The SMILES string of the molecule is O=C(NC1N=CCS1)C1CC=CC2CCN(C3CCCCC3)C(=O)C21. The number of nitrogens with one attached hydrogen (secondary N) is 1. The Morgan fingerprint density at radius 3 is 2.84 bits per heavy atom. The van der Waals surface area contributed by atoms with Crippen LogP contribution in [0.3, 0.4) is 0 Å². The maximum atomic E-state index is 13.3. The number of piperidine rings is 1. The maximum Gasteiger partial charge on any atom is 0.227 e. The minimum atomic E-state index is -0.245. The minimum absolute atomic E-state index is 0.00487. The summed E-state index contributed by atoms with van der Waals surface area (Å²) in [6.45, 7) is 0.853. The summed E-state index contributed by atoms with van der Waals surface area (Å²) in [4.78, 5) is 32.5. The van der Waals surface area contributed by atoms with Crippen molar-refractivity contribution in [2.24, 2.45) is 22.7 Å². The number of likely N-dealkylation sites (tertiary alicyclic amines) is 1. The van der Waals surface area contributed by atoms with Crippen molar-refractivity contribution >= 4 is 29.8 Å². The van der Waals surface area contributed by atoms with Crippen LogP contribution in [0.2, 0.25) is 0 Å². The molecule has 2 fully saturated rings. The predicted molar refractivity (Wildman–Crippen MR) is 100 cm³/mol. The zero-order valence-electron chi connectivity index (χ0n) is 14.6. The molecule has 0 aromatic rings. The van der Waals surface area contributed by atoms with Gasteiger partial charge in [-0.3, -0.25) is 14.6 Å². The molecule has 2 heterocycles. The van der Waals surface area contributed by atoms with Gasteiger partial charge in [-0.25, -0.2) is 0 Å². The molecule has 2 aliphatic heterocycles. The van der Waals surface area contributed by atoms with Gasteiger partial charge in [0.1, 0.15) is 0 Å². The fourth-order valence-corrected chi connectivity index (χ4v) is 5.56. The van der Waals surface area contributed by atoms with E-state index in [4.69, 9.17) is 0 Å². The predicted octanol–water partition coefficient (Wildman–Crippen LogP) is 2.58. The fourth-order valence-electron chi connectivity index (χ4n) is 4.83.